The van der Waals surface area contributed by atoms with Crippen molar-refractivity contribution in [3.05, 3.63) is 91.0 Å². The summed E-state index contributed by atoms with van der Waals surface area (Å²) in [4.78, 5) is 10.8. The van der Waals surface area contributed by atoms with Gasteiger partial charge in [0.1, 0.15) is 10.8 Å². The third kappa shape index (κ3) is 3.43. The Labute approximate surface area is 218 Å². The van der Waals surface area contributed by atoms with E-state index < -0.39 is 5.54 Å². The van der Waals surface area contributed by atoms with Gasteiger partial charge in [-0.1, -0.05) is 40.2 Å². The third-order valence-corrected chi connectivity index (χ3v) is 10.0. The van der Waals surface area contributed by atoms with Crippen molar-refractivity contribution in [2.24, 2.45) is 10.7 Å². The zero-order valence-corrected chi connectivity index (χ0v) is 22.2. The SMILES string of the molecule is CSc1sc(C(=N)N)cc1-c1csc(C2(c3ccc4c(c3)Cc3cc(Br)ccc3-4)C=CC=N2)n1. The highest BCUT2D eigenvalue weighted by Crippen LogP contribution is 2.45. The van der Waals surface area contributed by atoms with Crippen molar-refractivity contribution < 1.29 is 0 Å². The number of thioether (sulfide) groups is 1. The van der Waals surface area contributed by atoms with Crippen molar-refractivity contribution in [1.82, 2.24) is 4.98 Å². The summed E-state index contributed by atoms with van der Waals surface area (Å²) in [5, 5.41) is 10.8. The van der Waals surface area contributed by atoms with Crippen LogP contribution in [0.25, 0.3) is 22.4 Å². The van der Waals surface area contributed by atoms with Crippen LogP contribution in [0, 0.1) is 5.41 Å². The Morgan fingerprint density at radius 1 is 1.12 bits per heavy atom. The van der Waals surface area contributed by atoms with Crippen LogP contribution in [0.5, 0.6) is 0 Å². The molecule has 1 unspecified atom stereocenters. The molecule has 4 nitrogen and oxygen atoms in total. The van der Waals surface area contributed by atoms with Gasteiger partial charge in [-0.3, -0.25) is 10.4 Å². The highest BCUT2D eigenvalue weighted by molar-refractivity contribution is 9.10. The van der Waals surface area contributed by atoms with Crippen molar-refractivity contribution in [1.29, 1.82) is 5.41 Å². The first-order chi connectivity index (χ1) is 16.5. The van der Waals surface area contributed by atoms with E-state index in [0.717, 1.165) is 41.8 Å². The molecule has 1 aliphatic heterocycles. The van der Waals surface area contributed by atoms with Crippen LogP contribution in [0.15, 0.2) is 73.7 Å². The molecule has 3 N–H and O–H groups in total. The molecule has 0 saturated carbocycles. The molecule has 1 aliphatic carbocycles. The summed E-state index contributed by atoms with van der Waals surface area (Å²) in [6.45, 7) is 0. The van der Waals surface area contributed by atoms with Crippen molar-refractivity contribution in [3.8, 4) is 22.4 Å². The van der Waals surface area contributed by atoms with E-state index in [1.54, 1.807) is 23.1 Å². The lowest BCUT2D eigenvalue weighted by Gasteiger charge is -2.23. The number of thiazole rings is 1. The molecule has 0 saturated heterocycles. The molecule has 34 heavy (non-hydrogen) atoms. The molecular formula is C26H19BrN4S3. The number of hydrogen-bond acceptors (Lipinski definition) is 6. The number of thiophene rings is 1. The van der Waals surface area contributed by atoms with E-state index >= 15 is 0 Å². The predicted molar refractivity (Wildman–Crippen MR) is 149 cm³/mol. The van der Waals surface area contributed by atoms with Crippen molar-refractivity contribution in [3.63, 3.8) is 0 Å². The molecule has 0 radical (unpaired) electrons. The largest absolute Gasteiger partial charge is 0.383 e. The summed E-state index contributed by atoms with van der Waals surface area (Å²) in [5.41, 5.74) is 13.5. The minimum Gasteiger partial charge on any atom is -0.383 e. The van der Waals surface area contributed by atoms with Crippen molar-refractivity contribution in [2.75, 3.05) is 6.26 Å². The second-order valence-electron chi connectivity index (χ2n) is 8.22. The third-order valence-electron chi connectivity index (χ3n) is 6.24. The summed E-state index contributed by atoms with van der Waals surface area (Å²) in [5.74, 6) is 0.0907. The maximum absolute atomic E-state index is 7.82. The Morgan fingerprint density at radius 3 is 2.65 bits per heavy atom. The predicted octanol–water partition coefficient (Wildman–Crippen LogP) is 7.10. The second-order valence-corrected chi connectivity index (χ2v) is 12.1. The number of nitrogens with one attached hydrogen (secondary N) is 1. The van der Waals surface area contributed by atoms with Crippen molar-refractivity contribution >= 4 is 62.4 Å². The van der Waals surface area contributed by atoms with Crippen LogP contribution in [-0.2, 0) is 12.0 Å². The van der Waals surface area contributed by atoms with Gasteiger partial charge in [0, 0.05) is 21.6 Å². The maximum Gasteiger partial charge on any atom is 0.155 e. The van der Waals surface area contributed by atoms with Gasteiger partial charge in [0.05, 0.1) is 14.8 Å². The Morgan fingerprint density at radius 2 is 1.91 bits per heavy atom. The molecule has 0 amide bonds. The normalized spacial score (nSPS) is 17.8. The highest BCUT2D eigenvalue weighted by atomic mass is 79.9. The molecule has 0 spiro atoms. The number of benzene rings is 2. The lowest BCUT2D eigenvalue weighted by Crippen LogP contribution is -2.21. The van der Waals surface area contributed by atoms with E-state index in [4.69, 9.17) is 21.1 Å². The first kappa shape index (κ1) is 22.0. The first-order valence-corrected chi connectivity index (χ1v) is 14.3. The standard InChI is InChI=1S/C26H19BrN4S3/c1-32-24-20(12-22(34-24)23(28)29)21-13-33-25(31-21)26(7-2-8-30-26)16-3-5-18-14(10-16)9-15-11-17(27)4-6-19(15)18/h2-8,10-13H,9H2,1H3,(H3,28,29). The maximum atomic E-state index is 7.82. The van der Waals surface area contributed by atoms with Gasteiger partial charge >= 0.3 is 0 Å². The average molecular weight is 564 g/mol. The number of fused-ring (bicyclic) bond motifs is 3. The smallest absolute Gasteiger partial charge is 0.155 e. The van der Waals surface area contributed by atoms with Gasteiger partial charge < -0.3 is 5.73 Å². The van der Waals surface area contributed by atoms with Crippen LogP contribution in [0.3, 0.4) is 0 Å². The number of nitrogen functional groups attached to an aromatic ring is 1. The van der Waals surface area contributed by atoms with Gasteiger partial charge in [0.15, 0.2) is 5.54 Å². The minimum atomic E-state index is -0.619. The van der Waals surface area contributed by atoms with Gasteiger partial charge in [-0.25, -0.2) is 4.98 Å². The fourth-order valence-corrected chi connectivity index (χ4v) is 7.76. The van der Waals surface area contributed by atoms with Crippen LogP contribution < -0.4 is 5.73 Å². The number of nitrogens with two attached hydrogens (primary N) is 1. The number of aromatic nitrogens is 1. The number of hydrogen-bond donors (Lipinski definition) is 2. The van der Waals surface area contributed by atoms with Gasteiger partial charge in [-0.2, -0.15) is 0 Å². The molecule has 2 aliphatic rings. The summed E-state index contributed by atoms with van der Waals surface area (Å²) in [6, 6.07) is 15.2. The topological polar surface area (TPSA) is 75.1 Å². The molecule has 0 bridgehead atoms. The average Bonchev–Trinajstić information content (AvgIpc) is 3.62. The van der Waals surface area contributed by atoms with Crippen LogP contribution in [0.1, 0.15) is 26.6 Å². The molecule has 4 aromatic rings. The number of amidine groups is 1. The van der Waals surface area contributed by atoms with E-state index in [1.807, 2.05) is 24.6 Å². The molecule has 1 atom stereocenters. The number of aliphatic imine (C=N–C) groups is 1. The fraction of sp³-hybridized carbons (Fsp3) is 0.115. The first-order valence-electron chi connectivity index (χ1n) is 10.6. The number of nitrogens with zero attached hydrogens (tertiary/aromatic N) is 2. The molecule has 3 heterocycles. The van der Waals surface area contributed by atoms with Crippen LogP contribution >= 0.6 is 50.4 Å². The van der Waals surface area contributed by atoms with Gasteiger partial charge in [0.25, 0.3) is 0 Å². The van der Waals surface area contributed by atoms with Crippen LogP contribution in [-0.4, -0.2) is 23.3 Å². The van der Waals surface area contributed by atoms with Gasteiger partial charge in [-0.15, -0.1) is 34.4 Å². The van der Waals surface area contributed by atoms with Crippen LogP contribution in [0.2, 0.25) is 0 Å². The lowest BCUT2D eigenvalue weighted by atomic mass is 9.89. The zero-order valence-electron chi connectivity index (χ0n) is 18.1. The van der Waals surface area contributed by atoms with Crippen LogP contribution in [0.4, 0.5) is 0 Å². The van der Waals surface area contributed by atoms with E-state index in [-0.39, 0.29) is 5.84 Å². The summed E-state index contributed by atoms with van der Waals surface area (Å²) in [6.07, 6.45) is 8.97. The fourth-order valence-electron chi connectivity index (χ4n) is 4.63. The highest BCUT2D eigenvalue weighted by Gasteiger charge is 2.37. The quantitative estimate of drug-likeness (QED) is 0.136. The molecule has 2 aromatic heterocycles. The summed E-state index contributed by atoms with van der Waals surface area (Å²) in [7, 11) is 0. The number of halogens is 1. The van der Waals surface area contributed by atoms with Gasteiger partial charge in [-0.05, 0) is 70.8 Å². The monoisotopic (exact) mass is 562 g/mol. The van der Waals surface area contributed by atoms with Crippen molar-refractivity contribution in [2.45, 2.75) is 16.2 Å². The molecular weight excluding hydrogens is 544 g/mol. The number of rotatable bonds is 5. The zero-order chi connectivity index (χ0) is 23.4. The Balaban J connectivity index is 1.42. The minimum absolute atomic E-state index is 0.0907. The summed E-state index contributed by atoms with van der Waals surface area (Å²) >= 11 is 8.42. The van der Waals surface area contributed by atoms with E-state index in [2.05, 4.69) is 63.8 Å². The van der Waals surface area contributed by atoms with Gasteiger partial charge in [0.2, 0.25) is 0 Å². The summed E-state index contributed by atoms with van der Waals surface area (Å²) < 4.78 is 2.23. The van der Waals surface area contributed by atoms with E-state index in [9.17, 15) is 0 Å². The van der Waals surface area contributed by atoms with E-state index in [1.165, 1.54) is 33.6 Å². The number of allylic oxidation sites excluding steroid dienone is 1. The molecule has 6 rings (SSSR count). The second kappa shape index (κ2) is 8.30. The Hall–Kier alpha value is -2.52. The molecule has 2 aromatic carbocycles. The lowest BCUT2D eigenvalue weighted by molar-refractivity contribution is 0.692. The van der Waals surface area contributed by atoms with E-state index in [0.29, 0.717) is 0 Å². The Kier molecular flexibility index (Phi) is 5.37. The molecule has 168 valence electrons. The molecule has 0 fully saturated rings. The Bertz CT molecular complexity index is 1520. The molecule has 8 heteroatoms.